The van der Waals surface area contributed by atoms with Crippen LogP contribution in [0.25, 0.3) is 79.8 Å². The maximum absolute atomic E-state index is 12.3. The molecule has 9 nitrogen and oxygen atoms in total. The van der Waals surface area contributed by atoms with E-state index in [1.54, 1.807) is 12.1 Å². The molecule has 3 aliphatic rings. The summed E-state index contributed by atoms with van der Waals surface area (Å²) in [4.78, 5) is 30.2. The molecule has 0 radical (unpaired) electrons. The van der Waals surface area contributed by atoms with E-state index in [1.807, 2.05) is 103 Å². The van der Waals surface area contributed by atoms with Crippen molar-refractivity contribution in [2.75, 3.05) is 0 Å². The van der Waals surface area contributed by atoms with Crippen LogP contribution < -0.4 is 22.9 Å². The Balaban J connectivity index is 1.52. The van der Waals surface area contributed by atoms with Crippen LogP contribution in [0, 0.1) is 0 Å². The van der Waals surface area contributed by atoms with Crippen LogP contribution in [0.15, 0.2) is 127 Å². The second-order valence-electron chi connectivity index (χ2n) is 14.1. The van der Waals surface area contributed by atoms with Gasteiger partial charge in [0.15, 0.2) is 5.78 Å². The second kappa shape index (κ2) is 13.0. The fourth-order valence-electron chi connectivity index (χ4n) is 7.66. The summed E-state index contributed by atoms with van der Waals surface area (Å²) < 4.78 is 0. The Labute approximate surface area is 317 Å². The molecule has 4 aromatic carbocycles. The van der Waals surface area contributed by atoms with E-state index in [4.69, 9.17) is 32.9 Å². The van der Waals surface area contributed by atoms with Gasteiger partial charge < -0.3 is 32.9 Å². The van der Waals surface area contributed by atoms with E-state index in [9.17, 15) is 4.79 Å². The largest absolute Gasteiger partial charge is 0.356 e. The van der Waals surface area contributed by atoms with E-state index in [1.165, 1.54) is 6.92 Å². The lowest BCUT2D eigenvalue weighted by atomic mass is 9.85. The van der Waals surface area contributed by atoms with Crippen molar-refractivity contribution in [1.82, 2.24) is 19.9 Å². The molecule has 10 N–H and O–H groups in total. The lowest BCUT2D eigenvalue weighted by Gasteiger charge is -2.35. The number of H-pyrrole nitrogens is 2. The van der Waals surface area contributed by atoms with Crippen molar-refractivity contribution in [2.24, 2.45) is 22.9 Å². The molecule has 0 saturated heterocycles. The highest BCUT2D eigenvalue weighted by Crippen LogP contribution is 2.45. The van der Waals surface area contributed by atoms with Crippen LogP contribution in [0.3, 0.4) is 0 Å². The molecule has 9 rings (SSSR count). The fraction of sp³-hybridized carbons (Fsp3) is 0.0652. The standard InChI is InChI=1S/C46H38N8O/c1-27(55)28-17-19-32(20-18-28)42-38-26-24-36(53-38)40(30-13-7-3-8-14-30)34-22-21-33(51-34)39(29-11-5-2-6-12-29)35-23-25-37(52-35)41(31-15-9-4-10-16-31)43-45(47,48)46(49,50)44(42)54-43/h2-26,51,54H,47-50H2,1H3. The number of rotatable bonds is 5. The maximum atomic E-state index is 12.3. The lowest BCUT2D eigenvalue weighted by Crippen LogP contribution is -2.69. The summed E-state index contributed by atoms with van der Waals surface area (Å²) in [6.45, 7) is 1.54. The molecule has 55 heavy (non-hydrogen) atoms. The molecule has 3 aliphatic heterocycles. The number of ketones is 1. The molecule has 8 bridgehead atoms. The zero-order valence-electron chi connectivity index (χ0n) is 30.0. The molecule has 0 unspecified atom stereocenters. The van der Waals surface area contributed by atoms with Gasteiger partial charge in [-0.2, -0.15) is 0 Å². The van der Waals surface area contributed by atoms with Crippen molar-refractivity contribution in [3.63, 3.8) is 0 Å². The molecular formula is C46H38N8O. The third-order valence-corrected chi connectivity index (χ3v) is 10.6. The highest BCUT2D eigenvalue weighted by molar-refractivity contribution is 5.98. The number of aromatic amines is 2. The van der Waals surface area contributed by atoms with Crippen LogP contribution in [-0.2, 0) is 11.3 Å². The van der Waals surface area contributed by atoms with Crippen LogP contribution in [0.5, 0.6) is 0 Å². The molecule has 0 fully saturated rings. The summed E-state index contributed by atoms with van der Waals surface area (Å²) in [5.74, 6) is -0.0517. The van der Waals surface area contributed by atoms with Gasteiger partial charge in [0.05, 0.1) is 34.2 Å². The summed E-state index contributed by atoms with van der Waals surface area (Å²) in [6.07, 6.45) is 7.91. The Hall–Kier alpha value is -6.75. The van der Waals surface area contributed by atoms with E-state index in [0.29, 0.717) is 39.5 Å². The van der Waals surface area contributed by atoms with Gasteiger partial charge >= 0.3 is 0 Å². The monoisotopic (exact) mass is 718 g/mol. The molecular weight excluding hydrogens is 681 g/mol. The van der Waals surface area contributed by atoms with Gasteiger partial charge in [-0.3, -0.25) is 4.79 Å². The first-order chi connectivity index (χ1) is 26.6. The van der Waals surface area contributed by atoms with Crippen molar-refractivity contribution in [3.05, 3.63) is 167 Å². The number of nitrogens with one attached hydrogen (secondary N) is 2. The van der Waals surface area contributed by atoms with Crippen LogP contribution in [0.4, 0.5) is 0 Å². The van der Waals surface area contributed by atoms with Crippen molar-refractivity contribution < 1.29 is 4.79 Å². The summed E-state index contributed by atoms with van der Waals surface area (Å²) in [6, 6.07) is 41.6. The Morgan fingerprint density at radius 2 is 0.800 bits per heavy atom. The number of benzene rings is 4. The first kappa shape index (κ1) is 34.0. The van der Waals surface area contributed by atoms with Gasteiger partial charge in [-0.1, -0.05) is 115 Å². The van der Waals surface area contributed by atoms with Gasteiger partial charge in [-0.05, 0) is 65.6 Å². The van der Waals surface area contributed by atoms with E-state index in [2.05, 4.69) is 46.4 Å². The summed E-state index contributed by atoms with van der Waals surface area (Å²) >= 11 is 0. The predicted molar refractivity (Wildman–Crippen MR) is 222 cm³/mol. The number of nitrogens with two attached hydrogens (primary N) is 4. The Bertz CT molecular complexity index is 2760. The van der Waals surface area contributed by atoms with Crippen LogP contribution in [0.2, 0.25) is 0 Å². The highest BCUT2D eigenvalue weighted by Gasteiger charge is 2.52. The number of hydrogen-bond donors (Lipinski definition) is 6. The van der Waals surface area contributed by atoms with E-state index in [0.717, 1.165) is 55.8 Å². The van der Waals surface area contributed by atoms with Crippen LogP contribution in [-0.4, -0.2) is 25.7 Å². The van der Waals surface area contributed by atoms with Gasteiger partial charge in [-0.15, -0.1) is 0 Å². The second-order valence-corrected chi connectivity index (χ2v) is 14.1. The van der Waals surface area contributed by atoms with Gasteiger partial charge in [0.2, 0.25) is 0 Å². The number of nitrogens with zero attached hydrogens (tertiary/aromatic N) is 2. The number of aromatic nitrogens is 4. The molecule has 9 heteroatoms. The van der Waals surface area contributed by atoms with Gasteiger partial charge in [0, 0.05) is 38.9 Å². The molecule has 0 atom stereocenters. The number of carbonyl (C=O) groups is 1. The Kier molecular flexibility index (Phi) is 8.03. The topological polar surface area (TPSA) is 179 Å². The van der Waals surface area contributed by atoms with Crippen LogP contribution >= 0.6 is 0 Å². The SMILES string of the molecule is CC(=O)c1ccc(-c2c3nc(c(-c4ccccc4)c4ccc([nH]4)c(-c4ccccc4)c4nc(c(-c5ccccc5)c5[nH]c2C(N)(N)C5(N)N)C=C4)C=C3)cc1. The average Bonchev–Trinajstić information content (AvgIpc) is 4.01. The number of fused-ring (bicyclic) bond motifs is 8. The number of carbonyl (C=O) groups excluding carboxylic acids is 1. The number of hydrogen-bond acceptors (Lipinski definition) is 7. The summed E-state index contributed by atoms with van der Waals surface area (Å²) in [7, 11) is 0. The average molecular weight is 719 g/mol. The third kappa shape index (κ3) is 5.62. The maximum Gasteiger partial charge on any atom is 0.159 e. The lowest BCUT2D eigenvalue weighted by molar-refractivity contribution is 0.101. The number of Topliss-reactive ketones (excluding diaryl/α,β-unsaturated/α-hetero) is 1. The molecule has 268 valence electrons. The Morgan fingerprint density at radius 3 is 1.18 bits per heavy atom. The molecule has 0 aliphatic carbocycles. The molecule has 0 saturated carbocycles. The Morgan fingerprint density at radius 1 is 0.455 bits per heavy atom. The first-order valence-electron chi connectivity index (χ1n) is 18.0. The van der Waals surface area contributed by atoms with Crippen molar-refractivity contribution in [3.8, 4) is 44.5 Å². The zero-order valence-corrected chi connectivity index (χ0v) is 30.0. The molecule has 0 spiro atoms. The smallest absolute Gasteiger partial charge is 0.159 e. The molecule has 5 heterocycles. The first-order valence-corrected chi connectivity index (χ1v) is 18.0. The quantitative estimate of drug-likeness (QED) is 0.0769. The summed E-state index contributed by atoms with van der Waals surface area (Å²) in [5, 5.41) is 0. The van der Waals surface area contributed by atoms with E-state index >= 15 is 0 Å². The normalized spacial score (nSPS) is 14.5. The van der Waals surface area contributed by atoms with Crippen LogP contribution in [0.1, 0.15) is 51.4 Å². The minimum absolute atomic E-state index is 0.0517. The minimum Gasteiger partial charge on any atom is -0.356 e. The van der Waals surface area contributed by atoms with Crippen molar-refractivity contribution in [2.45, 2.75) is 18.2 Å². The summed E-state index contributed by atoms with van der Waals surface area (Å²) in [5.41, 5.74) is 37.3. The predicted octanol–water partition coefficient (Wildman–Crippen LogP) is 8.09. The molecule has 2 aromatic heterocycles. The fourth-order valence-corrected chi connectivity index (χ4v) is 7.66. The molecule has 6 aromatic rings. The van der Waals surface area contributed by atoms with Gasteiger partial charge in [0.25, 0.3) is 0 Å². The highest BCUT2D eigenvalue weighted by atomic mass is 16.1. The van der Waals surface area contributed by atoms with Crippen molar-refractivity contribution >= 4 is 41.1 Å². The van der Waals surface area contributed by atoms with Gasteiger partial charge in [0.1, 0.15) is 11.3 Å². The van der Waals surface area contributed by atoms with E-state index in [-0.39, 0.29) is 5.78 Å². The minimum atomic E-state index is -1.83. The van der Waals surface area contributed by atoms with Crippen molar-refractivity contribution in [1.29, 1.82) is 0 Å². The molecule has 0 amide bonds. The zero-order chi connectivity index (χ0) is 37.9. The third-order valence-electron chi connectivity index (χ3n) is 10.6. The van der Waals surface area contributed by atoms with Gasteiger partial charge in [-0.25, -0.2) is 9.97 Å². The van der Waals surface area contributed by atoms with E-state index < -0.39 is 11.3 Å².